The van der Waals surface area contributed by atoms with Crippen LogP contribution in [0.4, 0.5) is 0 Å². The maximum atomic E-state index is 2.45. The normalized spacial score (nSPS) is 11.5. The van der Waals surface area contributed by atoms with Crippen LogP contribution in [0, 0.1) is 5.92 Å². The molecule has 0 aliphatic rings. The molecule has 0 spiro atoms. The molecule has 0 fully saturated rings. The average Bonchev–Trinajstić information content (AvgIpc) is 2.05. The van der Waals surface area contributed by atoms with Crippen molar-refractivity contribution >= 4 is 23.7 Å². The topological polar surface area (TPSA) is 3.24 Å². The molecule has 1 nitrogen and oxygen atoms in total. The summed E-state index contributed by atoms with van der Waals surface area (Å²) in [5.41, 5.74) is 0. The summed E-state index contributed by atoms with van der Waals surface area (Å²) >= 11 is 3.80. The highest BCUT2D eigenvalue weighted by Crippen LogP contribution is 2.10. The Labute approximate surface area is 85.8 Å². The van der Waals surface area contributed by atoms with Crippen LogP contribution in [0.5, 0.6) is 0 Å². The lowest BCUT2D eigenvalue weighted by molar-refractivity contribution is 0.438. The van der Waals surface area contributed by atoms with Crippen LogP contribution in [-0.2, 0) is 0 Å². The minimum Gasteiger partial charge on any atom is -0.250 e. The maximum Gasteiger partial charge on any atom is 0.0180 e. The Morgan fingerprint density at radius 2 is 1.83 bits per heavy atom. The van der Waals surface area contributed by atoms with Gasteiger partial charge in [0.2, 0.25) is 0 Å². The van der Waals surface area contributed by atoms with Crippen molar-refractivity contribution < 1.29 is 0 Å². The number of nitrogens with zero attached hydrogens (tertiary/aromatic N) is 1. The van der Waals surface area contributed by atoms with Gasteiger partial charge in [0.25, 0.3) is 0 Å². The fourth-order valence-corrected chi connectivity index (χ4v) is 1.97. The second-order valence-corrected chi connectivity index (χ2v) is 5.15. The Balaban J connectivity index is 3.39. The molecule has 0 aliphatic heterocycles. The van der Waals surface area contributed by atoms with Crippen LogP contribution in [0.15, 0.2) is 0 Å². The first-order valence-electron chi connectivity index (χ1n) is 4.48. The standard InChI is InChI=1S/C9H21NS2/c1-9(2)5-6-10(12-4)7-8-11-3/h9H,5-8H2,1-4H3. The SMILES string of the molecule is CSCCN(CCC(C)C)SC. The molecule has 3 heteroatoms. The Kier molecular flexibility index (Phi) is 8.72. The quantitative estimate of drug-likeness (QED) is 0.591. The molecule has 0 N–H and O–H groups in total. The number of hydrogen-bond donors (Lipinski definition) is 0. The Morgan fingerprint density at radius 1 is 1.17 bits per heavy atom. The van der Waals surface area contributed by atoms with E-state index < -0.39 is 0 Å². The minimum absolute atomic E-state index is 0.828. The molecule has 74 valence electrons. The van der Waals surface area contributed by atoms with Crippen molar-refractivity contribution in [3.63, 3.8) is 0 Å². The van der Waals surface area contributed by atoms with Crippen LogP contribution in [0.1, 0.15) is 20.3 Å². The predicted molar refractivity (Wildman–Crippen MR) is 62.9 cm³/mol. The first kappa shape index (κ1) is 12.7. The molecular weight excluding hydrogens is 186 g/mol. The molecule has 0 unspecified atom stereocenters. The van der Waals surface area contributed by atoms with Gasteiger partial charge in [0, 0.05) is 18.8 Å². The molecule has 0 aromatic carbocycles. The van der Waals surface area contributed by atoms with Gasteiger partial charge in [-0.25, -0.2) is 0 Å². The first-order chi connectivity index (χ1) is 5.70. The number of hydrogen-bond acceptors (Lipinski definition) is 3. The summed E-state index contributed by atoms with van der Waals surface area (Å²) in [7, 11) is 0. The molecule has 0 aromatic rings. The van der Waals surface area contributed by atoms with Crippen LogP contribution in [0.25, 0.3) is 0 Å². The van der Waals surface area contributed by atoms with Crippen LogP contribution >= 0.6 is 23.7 Å². The van der Waals surface area contributed by atoms with Crippen molar-refractivity contribution in [1.82, 2.24) is 4.31 Å². The van der Waals surface area contributed by atoms with E-state index in [1.54, 1.807) is 0 Å². The van der Waals surface area contributed by atoms with Crippen molar-refractivity contribution in [1.29, 1.82) is 0 Å². The fraction of sp³-hybridized carbons (Fsp3) is 1.00. The summed E-state index contributed by atoms with van der Waals surface area (Å²) in [5.74, 6) is 2.08. The van der Waals surface area contributed by atoms with E-state index in [1.807, 2.05) is 23.7 Å². The van der Waals surface area contributed by atoms with Gasteiger partial charge in [-0.1, -0.05) is 25.8 Å². The maximum absolute atomic E-state index is 2.45. The molecule has 0 saturated heterocycles. The summed E-state index contributed by atoms with van der Waals surface area (Å²) in [6.07, 6.45) is 5.65. The minimum atomic E-state index is 0.828. The van der Waals surface area contributed by atoms with Gasteiger partial charge in [0.1, 0.15) is 0 Å². The van der Waals surface area contributed by atoms with Gasteiger partial charge in [-0.05, 0) is 24.9 Å². The van der Waals surface area contributed by atoms with Crippen molar-refractivity contribution in [2.75, 3.05) is 31.4 Å². The van der Waals surface area contributed by atoms with Crippen LogP contribution in [0.2, 0.25) is 0 Å². The molecule has 0 atom stereocenters. The van der Waals surface area contributed by atoms with Gasteiger partial charge in [0.05, 0.1) is 0 Å². The summed E-state index contributed by atoms with van der Waals surface area (Å²) in [5, 5.41) is 0. The van der Waals surface area contributed by atoms with Crippen LogP contribution in [0.3, 0.4) is 0 Å². The highest BCUT2D eigenvalue weighted by Gasteiger charge is 2.03. The van der Waals surface area contributed by atoms with E-state index >= 15 is 0 Å². The fourth-order valence-electron chi connectivity index (χ4n) is 0.890. The van der Waals surface area contributed by atoms with E-state index in [0.717, 1.165) is 5.92 Å². The summed E-state index contributed by atoms with van der Waals surface area (Å²) in [6.45, 7) is 7.02. The van der Waals surface area contributed by atoms with E-state index in [9.17, 15) is 0 Å². The average molecular weight is 207 g/mol. The zero-order valence-electron chi connectivity index (χ0n) is 8.67. The molecule has 12 heavy (non-hydrogen) atoms. The lowest BCUT2D eigenvalue weighted by Crippen LogP contribution is -2.20. The summed E-state index contributed by atoms with van der Waals surface area (Å²) < 4.78 is 2.45. The van der Waals surface area contributed by atoms with Gasteiger partial charge < -0.3 is 0 Å². The molecule has 0 heterocycles. The lowest BCUT2D eigenvalue weighted by Gasteiger charge is -2.19. The Hall–Kier alpha value is 0.660. The van der Waals surface area contributed by atoms with E-state index in [-0.39, 0.29) is 0 Å². The van der Waals surface area contributed by atoms with E-state index in [4.69, 9.17) is 0 Å². The van der Waals surface area contributed by atoms with Crippen LogP contribution in [-0.4, -0.2) is 35.7 Å². The number of rotatable bonds is 7. The van der Waals surface area contributed by atoms with E-state index in [2.05, 4.69) is 30.7 Å². The Bertz CT molecular complexity index is 96.5. The second-order valence-electron chi connectivity index (χ2n) is 3.29. The highest BCUT2D eigenvalue weighted by atomic mass is 32.2. The molecule has 0 amide bonds. The van der Waals surface area contributed by atoms with E-state index in [0.29, 0.717) is 0 Å². The predicted octanol–water partition coefficient (Wildman–Crippen LogP) is 2.98. The second kappa shape index (κ2) is 8.27. The third kappa shape index (κ3) is 7.32. The summed E-state index contributed by atoms with van der Waals surface area (Å²) in [6, 6.07) is 0. The third-order valence-electron chi connectivity index (χ3n) is 1.76. The lowest BCUT2D eigenvalue weighted by atomic mass is 10.1. The highest BCUT2D eigenvalue weighted by molar-refractivity contribution is 7.98. The van der Waals surface area contributed by atoms with Crippen molar-refractivity contribution in [2.45, 2.75) is 20.3 Å². The van der Waals surface area contributed by atoms with Gasteiger partial charge in [-0.3, -0.25) is 4.31 Å². The summed E-state index contributed by atoms with van der Waals surface area (Å²) in [4.78, 5) is 0. The Morgan fingerprint density at radius 3 is 2.25 bits per heavy atom. The molecule has 0 aromatic heterocycles. The van der Waals surface area contributed by atoms with Crippen molar-refractivity contribution in [3.05, 3.63) is 0 Å². The monoisotopic (exact) mass is 207 g/mol. The van der Waals surface area contributed by atoms with Crippen molar-refractivity contribution in [3.8, 4) is 0 Å². The molecule has 0 aliphatic carbocycles. The molecule has 0 bridgehead atoms. The van der Waals surface area contributed by atoms with Crippen molar-refractivity contribution in [2.24, 2.45) is 5.92 Å². The van der Waals surface area contributed by atoms with Crippen LogP contribution < -0.4 is 0 Å². The zero-order valence-corrected chi connectivity index (χ0v) is 10.3. The molecular formula is C9H21NS2. The molecule has 0 rings (SSSR count). The van der Waals surface area contributed by atoms with Gasteiger partial charge >= 0.3 is 0 Å². The largest absolute Gasteiger partial charge is 0.250 e. The van der Waals surface area contributed by atoms with Gasteiger partial charge in [0.15, 0.2) is 0 Å². The van der Waals surface area contributed by atoms with E-state index in [1.165, 1.54) is 25.3 Å². The smallest absolute Gasteiger partial charge is 0.0180 e. The third-order valence-corrected chi connectivity index (χ3v) is 3.23. The van der Waals surface area contributed by atoms with Gasteiger partial charge in [-0.2, -0.15) is 11.8 Å². The number of thioether (sulfide) groups is 1. The van der Waals surface area contributed by atoms with Gasteiger partial charge in [-0.15, -0.1) is 0 Å². The first-order valence-corrected chi connectivity index (χ1v) is 7.06. The molecule has 0 saturated carbocycles. The zero-order chi connectivity index (χ0) is 9.40. The molecule has 0 radical (unpaired) electrons.